The molecule has 2 saturated heterocycles. The summed E-state index contributed by atoms with van der Waals surface area (Å²) in [4.78, 5) is 44.2. The number of likely N-dealkylation sites (N-methyl/N-ethyl adjacent to an activating group) is 1. The Morgan fingerprint density at radius 2 is 1.88 bits per heavy atom. The first-order valence-corrected chi connectivity index (χ1v) is 17.9. The molecule has 0 aliphatic carbocycles. The molecule has 2 aromatic heterocycles. The van der Waals surface area contributed by atoms with Gasteiger partial charge in [-0.25, -0.2) is 0 Å². The maximum absolute atomic E-state index is 13.0. The smallest absolute Gasteiger partial charge is 0.250 e. The van der Waals surface area contributed by atoms with Gasteiger partial charge in [0.15, 0.2) is 0 Å². The minimum absolute atomic E-state index is 0.0982. The third-order valence-corrected chi connectivity index (χ3v) is 11.3. The summed E-state index contributed by atoms with van der Waals surface area (Å²) in [5.41, 5.74) is 5.55. The van der Waals surface area contributed by atoms with Gasteiger partial charge < -0.3 is 34.5 Å². The average molecular weight is 685 g/mol. The zero-order chi connectivity index (χ0) is 33.2. The van der Waals surface area contributed by atoms with Crippen LogP contribution >= 0.6 is 23.5 Å². The lowest BCUT2D eigenvalue weighted by Gasteiger charge is -2.38. The van der Waals surface area contributed by atoms with E-state index in [9.17, 15) is 9.59 Å². The maximum Gasteiger partial charge on any atom is 0.250 e. The summed E-state index contributed by atoms with van der Waals surface area (Å²) in [7, 11) is 3.82. The van der Waals surface area contributed by atoms with Crippen LogP contribution < -0.4 is 15.8 Å². The van der Waals surface area contributed by atoms with Crippen LogP contribution in [0.4, 0.5) is 11.4 Å². The third kappa shape index (κ3) is 7.28. The van der Waals surface area contributed by atoms with Crippen molar-refractivity contribution in [2.24, 2.45) is 0 Å². The molecule has 2 atom stereocenters. The molecule has 12 heteroatoms. The molecule has 7 rings (SSSR count). The number of nitrogens with one attached hydrogen (secondary N) is 2. The van der Waals surface area contributed by atoms with Crippen LogP contribution in [0.2, 0.25) is 0 Å². The molecule has 10 nitrogen and oxygen atoms in total. The number of aromatic amines is 1. The Kier molecular flexibility index (Phi) is 9.78. The first-order chi connectivity index (χ1) is 23.3. The molecule has 3 aliphatic rings. The summed E-state index contributed by atoms with van der Waals surface area (Å²) in [6.45, 7) is 6.79. The fraction of sp³-hybridized carbons (Fsp3) is 0.361. The summed E-state index contributed by atoms with van der Waals surface area (Å²) in [5.74, 6) is 0.0982. The van der Waals surface area contributed by atoms with Crippen molar-refractivity contribution in [1.29, 1.82) is 0 Å². The normalized spacial score (nSPS) is 18.3. The van der Waals surface area contributed by atoms with Crippen molar-refractivity contribution in [3.8, 4) is 11.3 Å². The number of carbonyl (C=O) groups excluding carboxylic acids is 1. The SMILES string of the molecule is Cc1ccc(C(Nc2ccc3c(c2)Sc2cccc(-c4cc(N5CCOCC5)cc(=O)[nH]4)c2S3)C2CN(C(=O)CN(C)C)CCO2)nc1. The molecule has 4 aromatic rings. The van der Waals surface area contributed by atoms with E-state index >= 15 is 0 Å². The second kappa shape index (κ2) is 14.4. The fourth-order valence-electron chi connectivity index (χ4n) is 6.26. The van der Waals surface area contributed by atoms with Crippen LogP contribution in [0.25, 0.3) is 11.3 Å². The minimum atomic E-state index is -0.267. The summed E-state index contributed by atoms with van der Waals surface area (Å²) >= 11 is 3.45. The van der Waals surface area contributed by atoms with Crippen molar-refractivity contribution in [3.63, 3.8) is 0 Å². The summed E-state index contributed by atoms with van der Waals surface area (Å²) in [6.07, 6.45) is 1.61. The molecule has 3 aliphatic heterocycles. The monoisotopic (exact) mass is 684 g/mol. The molecule has 5 heterocycles. The number of anilines is 2. The number of hydrogen-bond donors (Lipinski definition) is 2. The highest BCUT2D eigenvalue weighted by Gasteiger charge is 2.33. The molecular formula is C36H40N6O4S2. The van der Waals surface area contributed by atoms with Crippen LogP contribution in [0.3, 0.4) is 0 Å². The Bertz CT molecular complexity index is 1840. The van der Waals surface area contributed by atoms with Gasteiger partial charge in [-0.1, -0.05) is 41.7 Å². The van der Waals surface area contributed by atoms with Crippen LogP contribution in [0.15, 0.2) is 91.2 Å². The molecular weight excluding hydrogens is 645 g/mol. The topological polar surface area (TPSA) is 103 Å². The number of rotatable bonds is 8. The quantitative estimate of drug-likeness (QED) is 0.229. The third-order valence-electron chi connectivity index (χ3n) is 8.69. The Hall–Kier alpha value is -3.81. The first kappa shape index (κ1) is 32.7. The molecule has 2 aromatic carbocycles. The zero-order valence-corrected chi connectivity index (χ0v) is 29.0. The fourth-order valence-corrected chi connectivity index (χ4v) is 8.67. The summed E-state index contributed by atoms with van der Waals surface area (Å²) in [6, 6.07) is 20.3. The highest BCUT2D eigenvalue weighted by atomic mass is 32.2. The van der Waals surface area contributed by atoms with Gasteiger partial charge in [-0.05, 0) is 63.0 Å². The van der Waals surface area contributed by atoms with Gasteiger partial charge in [-0.2, -0.15) is 0 Å². The Morgan fingerprint density at radius 1 is 1.02 bits per heavy atom. The van der Waals surface area contributed by atoms with Crippen molar-refractivity contribution in [2.75, 3.05) is 76.9 Å². The molecule has 48 heavy (non-hydrogen) atoms. The van der Waals surface area contributed by atoms with E-state index in [1.165, 1.54) is 0 Å². The van der Waals surface area contributed by atoms with Crippen molar-refractivity contribution in [1.82, 2.24) is 19.8 Å². The number of nitrogens with zero attached hydrogens (tertiary/aromatic N) is 4. The second-order valence-corrected chi connectivity index (χ2v) is 14.7. The van der Waals surface area contributed by atoms with Gasteiger partial charge in [0.2, 0.25) is 11.5 Å². The van der Waals surface area contributed by atoms with Crippen molar-refractivity contribution in [3.05, 3.63) is 88.5 Å². The molecule has 250 valence electrons. The number of aromatic nitrogens is 2. The number of ether oxygens (including phenoxy) is 2. The lowest BCUT2D eigenvalue weighted by atomic mass is 10.0. The van der Waals surface area contributed by atoms with Crippen molar-refractivity contribution in [2.45, 2.75) is 38.7 Å². The molecule has 0 spiro atoms. The number of carbonyl (C=O) groups is 1. The predicted molar refractivity (Wildman–Crippen MR) is 190 cm³/mol. The number of H-pyrrole nitrogens is 1. The molecule has 0 bridgehead atoms. The summed E-state index contributed by atoms with van der Waals surface area (Å²) in [5, 5.41) is 3.73. The maximum atomic E-state index is 13.0. The number of fused-ring (bicyclic) bond motifs is 2. The molecule has 0 saturated carbocycles. The highest BCUT2D eigenvalue weighted by molar-refractivity contribution is 8.05. The van der Waals surface area contributed by atoms with E-state index in [1.54, 1.807) is 29.6 Å². The Balaban J connectivity index is 1.14. The number of aryl methyl sites for hydroxylation is 1. The van der Waals surface area contributed by atoms with Crippen LogP contribution in [0.5, 0.6) is 0 Å². The lowest BCUT2D eigenvalue weighted by molar-refractivity contribution is -0.140. The van der Waals surface area contributed by atoms with Crippen LogP contribution in [0.1, 0.15) is 17.3 Å². The van der Waals surface area contributed by atoms with Gasteiger partial charge >= 0.3 is 0 Å². The van der Waals surface area contributed by atoms with Crippen molar-refractivity contribution < 1.29 is 14.3 Å². The average Bonchev–Trinajstić information content (AvgIpc) is 3.09. The number of hydrogen-bond acceptors (Lipinski definition) is 10. The van der Waals surface area contributed by atoms with Gasteiger partial charge in [0, 0.05) is 75.0 Å². The van der Waals surface area contributed by atoms with Gasteiger partial charge in [0.25, 0.3) is 0 Å². The lowest BCUT2D eigenvalue weighted by Crippen LogP contribution is -2.51. The van der Waals surface area contributed by atoms with Gasteiger partial charge in [0.05, 0.1) is 43.8 Å². The van der Waals surface area contributed by atoms with Crippen LogP contribution in [-0.2, 0) is 14.3 Å². The standard InChI is InChI=1S/C36H40N6O4S2/c1-23-7-9-27(37-20-23)35(29-21-42(13-16-46-29)34(44)22-40(2)3)38-24-8-10-30-32(17-24)47-31-6-4-5-26(36(31)48-30)28-18-25(19-33(43)39-28)41-11-14-45-15-12-41/h4-10,17-20,29,35,38H,11-16,21-22H2,1-3H3,(H,39,43). The largest absolute Gasteiger partial charge is 0.378 e. The molecule has 2 N–H and O–H groups in total. The molecule has 1 amide bonds. The Labute approximate surface area is 289 Å². The molecule has 2 fully saturated rings. The number of morpholine rings is 2. The number of benzene rings is 2. The molecule has 0 radical (unpaired) electrons. The highest BCUT2D eigenvalue weighted by Crippen LogP contribution is 2.52. The van der Waals surface area contributed by atoms with Crippen LogP contribution in [-0.4, -0.2) is 98.4 Å². The van der Waals surface area contributed by atoms with Crippen molar-refractivity contribution >= 4 is 40.8 Å². The van der Waals surface area contributed by atoms with E-state index < -0.39 is 0 Å². The second-order valence-electron chi connectivity index (χ2n) is 12.6. The minimum Gasteiger partial charge on any atom is -0.378 e. The Morgan fingerprint density at radius 3 is 2.67 bits per heavy atom. The van der Waals surface area contributed by atoms with E-state index in [-0.39, 0.29) is 23.6 Å². The predicted octanol–water partition coefficient (Wildman–Crippen LogP) is 5.14. The van der Waals surface area contributed by atoms with E-state index in [0.717, 1.165) is 66.6 Å². The van der Waals surface area contributed by atoms with Crippen LogP contribution in [0, 0.1) is 6.92 Å². The van der Waals surface area contributed by atoms with Gasteiger partial charge in [-0.15, -0.1) is 0 Å². The van der Waals surface area contributed by atoms with E-state index in [1.807, 2.05) is 43.1 Å². The molecule has 2 unspecified atom stereocenters. The summed E-state index contributed by atoms with van der Waals surface area (Å²) < 4.78 is 11.8. The van der Waals surface area contributed by atoms with E-state index in [4.69, 9.17) is 14.5 Å². The number of amides is 1. The van der Waals surface area contributed by atoms with E-state index in [2.05, 4.69) is 63.7 Å². The van der Waals surface area contributed by atoms with E-state index in [0.29, 0.717) is 39.5 Å². The first-order valence-electron chi connectivity index (χ1n) is 16.2. The zero-order valence-electron chi connectivity index (χ0n) is 27.4. The van der Waals surface area contributed by atoms with Gasteiger partial charge in [-0.3, -0.25) is 14.6 Å². The number of pyridine rings is 2. The van der Waals surface area contributed by atoms with Gasteiger partial charge in [0.1, 0.15) is 6.10 Å².